The maximum atomic E-state index is 13.5. The number of pyridine rings is 1. The normalized spacial score (nSPS) is 23.6. The number of carbonyl (C=O) groups is 1. The number of rotatable bonds is 10. The highest BCUT2D eigenvalue weighted by molar-refractivity contribution is 5.97. The number of carbonyl (C=O) groups excluding carboxylic acids is 1. The number of benzene rings is 1. The molecule has 0 saturated carbocycles. The second-order valence-corrected chi connectivity index (χ2v) is 14.8. The van der Waals surface area contributed by atoms with Gasteiger partial charge in [-0.05, 0) is 69.2 Å². The Labute approximate surface area is 290 Å². The summed E-state index contributed by atoms with van der Waals surface area (Å²) >= 11 is 0. The van der Waals surface area contributed by atoms with E-state index in [0.29, 0.717) is 23.6 Å². The van der Waals surface area contributed by atoms with E-state index in [1.54, 1.807) is 6.08 Å². The van der Waals surface area contributed by atoms with Gasteiger partial charge in [-0.1, -0.05) is 45.0 Å². The van der Waals surface area contributed by atoms with E-state index in [0.717, 1.165) is 93.5 Å². The molecular weight excluding hydrogens is 618 g/mol. The lowest BCUT2D eigenvalue weighted by molar-refractivity contribution is -0.610. The number of nitrogens with one attached hydrogen (secondary N) is 3. The molecule has 0 bridgehead atoms. The van der Waals surface area contributed by atoms with Crippen molar-refractivity contribution in [2.75, 3.05) is 44.3 Å². The van der Waals surface area contributed by atoms with E-state index in [9.17, 15) is 4.79 Å². The first kappa shape index (κ1) is 34.8. The van der Waals surface area contributed by atoms with E-state index in [4.69, 9.17) is 14.9 Å². The third kappa shape index (κ3) is 8.42. The Balaban J connectivity index is 1.13. The molecular formula is C37H54N9O3+. The fourth-order valence-electron chi connectivity index (χ4n) is 7.18. The van der Waals surface area contributed by atoms with Crippen molar-refractivity contribution < 1.29 is 19.6 Å². The van der Waals surface area contributed by atoms with Gasteiger partial charge in [0, 0.05) is 48.9 Å². The van der Waals surface area contributed by atoms with Gasteiger partial charge < -0.3 is 25.1 Å². The van der Waals surface area contributed by atoms with Crippen LogP contribution in [0.15, 0.2) is 54.5 Å². The topological polar surface area (TPSA) is 137 Å². The fraction of sp³-hybridized carbons (Fsp3) is 0.568. The highest BCUT2D eigenvalue weighted by Crippen LogP contribution is 2.39. The third-order valence-corrected chi connectivity index (χ3v) is 10.1. The number of hydrogen-bond acceptors (Lipinski definition) is 8. The van der Waals surface area contributed by atoms with Crippen LogP contribution >= 0.6 is 0 Å². The minimum atomic E-state index is -0.330. The molecule has 0 radical (unpaired) electrons. The van der Waals surface area contributed by atoms with Gasteiger partial charge >= 0.3 is 6.03 Å². The van der Waals surface area contributed by atoms with Crippen LogP contribution in [0, 0.1) is 10.8 Å². The van der Waals surface area contributed by atoms with Crippen LogP contribution in [0.1, 0.15) is 90.0 Å². The quantitative estimate of drug-likeness (QED) is 0.232. The van der Waals surface area contributed by atoms with Gasteiger partial charge in [0.15, 0.2) is 5.65 Å². The monoisotopic (exact) mass is 672 g/mol. The Hall–Kier alpha value is -4.00. The number of anilines is 1. The minimum absolute atomic E-state index is 0.154. The lowest BCUT2D eigenvalue weighted by Gasteiger charge is -2.39. The van der Waals surface area contributed by atoms with E-state index in [1.165, 1.54) is 6.42 Å². The van der Waals surface area contributed by atoms with Gasteiger partial charge in [0.2, 0.25) is 11.8 Å². The molecule has 4 heterocycles. The predicted octanol–water partition coefficient (Wildman–Crippen LogP) is 4.55. The molecule has 2 aromatic heterocycles. The Morgan fingerprint density at radius 3 is 2.51 bits per heavy atom. The van der Waals surface area contributed by atoms with E-state index >= 15 is 0 Å². The molecule has 6 rings (SSSR count). The molecule has 2 saturated heterocycles. The van der Waals surface area contributed by atoms with Gasteiger partial charge in [-0.2, -0.15) is 0 Å². The molecule has 5 N–H and O–H groups in total. The number of piperidine rings is 1. The molecule has 1 aliphatic carbocycles. The number of urea groups is 1. The number of allylic oxidation sites excluding steroid dienone is 1. The van der Waals surface area contributed by atoms with Crippen LogP contribution < -0.4 is 25.6 Å². The third-order valence-electron chi connectivity index (χ3n) is 10.1. The summed E-state index contributed by atoms with van der Waals surface area (Å²) < 4.78 is 14.2. The summed E-state index contributed by atoms with van der Waals surface area (Å²) in [7, 11) is 0. The zero-order chi connectivity index (χ0) is 34.5. The first-order valence-corrected chi connectivity index (χ1v) is 18.0. The lowest BCUT2D eigenvalue weighted by atomic mass is 9.85. The first-order valence-electron chi connectivity index (χ1n) is 18.0. The van der Waals surface area contributed by atoms with Gasteiger partial charge in [0.25, 0.3) is 0 Å². The van der Waals surface area contributed by atoms with E-state index in [2.05, 4.69) is 61.0 Å². The molecule has 2 aliphatic heterocycles. The molecule has 12 heteroatoms. The van der Waals surface area contributed by atoms with Crippen LogP contribution in [-0.4, -0.2) is 82.7 Å². The second-order valence-electron chi connectivity index (χ2n) is 14.8. The van der Waals surface area contributed by atoms with Crippen LogP contribution in [-0.2, 0) is 4.74 Å². The maximum Gasteiger partial charge on any atom is 0.323 e. The van der Waals surface area contributed by atoms with Crippen molar-refractivity contribution in [2.45, 2.75) is 91.0 Å². The zero-order valence-corrected chi connectivity index (χ0v) is 29.7. The van der Waals surface area contributed by atoms with E-state index in [1.807, 2.05) is 56.6 Å². The number of ether oxygens (including phenoxy) is 2. The van der Waals surface area contributed by atoms with Gasteiger partial charge in [-0.25, -0.2) is 4.79 Å². The Kier molecular flexibility index (Phi) is 10.9. The molecule has 3 aromatic rings. The zero-order valence-electron chi connectivity index (χ0n) is 29.7. The minimum Gasteiger partial charge on any atom is -0.484 e. The number of quaternary nitrogens is 1. The number of aromatic nitrogens is 3. The molecule has 1 aromatic carbocycles. The SMILES string of the molecule is CC1CCCC(C)N1c1nnc2ccc(OC3CCC(NC(=O)NC(=CC(=N)C(C)(C)C)[NH2+]CCN4CCOCC4)c4ccccc43)cn12. The van der Waals surface area contributed by atoms with E-state index < -0.39 is 0 Å². The molecule has 3 aliphatic rings. The first-order chi connectivity index (χ1) is 23.6. The molecule has 4 unspecified atom stereocenters. The number of hydrogen-bond donors (Lipinski definition) is 4. The van der Waals surface area contributed by atoms with Crippen LogP contribution in [0.4, 0.5) is 10.7 Å². The van der Waals surface area contributed by atoms with E-state index in [-0.39, 0.29) is 23.6 Å². The van der Waals surface area contributed by atoms with Crippen molar-refractivity contribution in [1.29, 1.82) is 5.41 Å². The summed E-state index contributed by atoms with van der Waals surface area (Å²) in [6.07, 6.45) is 8.64. The van der Waals surface area contributed by atoms with Crippen molar-refractivity contribution in [3.63, 3.8) is 0 Å². The number of amides is 2. The number of nitrogens with zero attached hydrogens (tertiary/aromatic N) is 5. The molecule has 0 spiro atoms. The van der Waals surface area contributed by atoms with Crippen molar-refractivity contribution in [2.24, 2.45) is 5.41 Å². The van der Waals surface area contributed by atoms with Crippen LogP contribution in [0.5, 0.6) is 5.75 Å². The molecule has 12 nitrogen and oxygen atoms in total. The highest BCUT2D eigenvalue weighted by atomic mass is 16.5. The number of morpholine rings is 1. The highest BCUT2D eigenvalue weighted by Gasteiger charge is 2.31. The molecule has 4 atom stereocenters. The largest absolute Gasteiger partial charge is 0.484 e. The summed E-state index contributed by atoms with van der Waals surface area (Å²) in [4.78, 5) is 18.2. The Bertz CT molecular complexity index is 1630. The standard InChI is InChI=1S/C37H53N9O3/c1-25-9-8-10-26(2)46(25)36-43-42-34-16-13-27(24-45(34)36)49-31-15-14-30(28-11-6-7-12-29(28)31)40-35(47)41-33(23-32(38)37(3,4)5)39-17-18-44-19-21-48-22-20-44/h6-7,11-13,16,23-26,30-31,38-39H,8-10,14-15,17-22H2,1-5H3,(H2,40,41,47)/p+1. The summed E-state index contributed by atoms with van der Waals surface area (Å²) in [6.45, 7) is 15.5. The van der Waals surface area contributed by atoms with Crippen LogP contribution in [0.25, 0.3) is 5.65 Å². The van der Waals surface area contributed by atoms with Gasteiger partial charge in [0.05, 0.1) is 32.0 Å². The van der Waals surface area contributed by atoms with Crippen molar-refractivity contribution >= 4 is 23.3 Å². The van der Waals surface area contributed by atoms with Gasteiger partial charge in [-0.3, -0.25) is 19.9 Å². The summed E-state index contributed by atoms with van der Waals surface area (Å²) in [6, 6.07) is 12.5. The number of fused-ring (bicyclic) bond motifs is 2. The molecule has 2 amide bonds. The Morgan fingerprint density at radius 1 is 1.04 bits per heavy atom. The summed E-state index contributed by atoms with van der Waals surface area (Å²) in [5, 5.41) is 26.0. The van der Waals surface area contributed by atoms with Crippen molar-refractivity contribution in [1.82, 2.24) is 30.1 Å². The molecule has 2 fully saturated rings. The average molecular weight is 673 g/mol. The van der Waals surface area contributed by atoms with Crippen LogP contribution in [0.3, 0.4) is 0 Å². The van der Waals surface area contributed by atoms with Crippen LogP contribution in [0.2, 0.25) is 0 Å². The lowest BCUT2D eigenvalue weighted by Crippen LogP contribution is -2.86. The predicted molar refractivity (Wildman–Crippen MR) is 191 cm³/mol. The molecule has 49 heavy (non-hydrogen) atoms. The number of nitrogens with two attached hydrogens (primary N) is 1. The summed E-state index contributed by atoms with van der Waals surface area (Å²) in [5.74, 6) is 2.27. The fourth-order valence-corrected chi connectivity index (χ4v) is 7.18. The molecule has 264 valence electrons. The Morgan fingerprint density at radius 2 is 1.78 bits per heavy atom. The van der Waals surface area contributed by atoms with Gasteiger partial charge in [-0.15, -0.1) is 10.2 Å². The second kappa shape index (κ2) is 15.3. The van der Waals surface area contributed by atoms with Gasteiger partial charge in [0.1, 0.15) is 11.9 Å². The maximum absolute atomic E-state index is 13.5. The van der Waals surface area contributed by atoms with Crippen molar-refractivity contribution in [3.8, 4) is 5.75 Å². The summed E-state index contributed by atoms with van der Waals surface area (Å²) in [5.41, 5.74) is 3.06. The average Bonchev–Trinajstić information content (AvgIpc) is 3.48. The van der Waals surface area contributed by atoms with Crippen molar-refractivity contribution in [3.05, 3.63) is 65.6 Å². The smallest absolute Gasteiger partial charge is 0.323 e.